The maximum atomic E-state index is 15.6. The van der Waals surface area contributed by atoms with E-state index in [0.717, 1.165) is 62.3 Å². The number of benzene rings is 1. The number of piperidine rings is 1. The van der Waals surface area contributed by atoms with Crippen LogP contribution in [0.5, 0.6) is 0 Å². The molecule has 0 bridgehead atoms. The molecule has 2 aliphatic heterocycles. The second-order valence-electron chi connectivity index (χ2n) is 12.2. The van der Waals surface area contributed by atoms with Crippen LogP contribution in [0.15, 0.2) is 48.9 Å². The molecule has 3 fully saturated rings. The first-order valence-electron chi connectivity index (χ1n) is 15.6. The quantitative estimate of drug-likeness (QED) is 0.226. The van der Waals surface area contributed by atoms with E-state index < -0.39 is 38.9 Å². The zero-order chi connectivity index (χ0) is 32.0. The Kier molecular flexibility index (Phi) is 8.21. The summed E-state index contributed by atoms with van der Waals surface area (Å²) in [5, 5.41) is 0.364. The molecule has 46 heavy (non-hydrogen) atoms. The van der Waals surface area contributed by atoms with Gasteiger partial charge in [0.1, 0.15) is 17.3 Å². The lowest BCUT2D eigenvalue weighted by Gasteiger charge is -2.39. The van der Waals surface area contributed by atoms with Gasteiger partial charge in [-0.3, -0.25) is 9.52 Å². The van der Waals surface area contributed by atoms with E-state index >= 15 is 4.39 Å². The Hall–Kier alpha value is -3.98. The molecule has 1 aliphatic carbocycles. The topological polar surface area (TPSA) is 147 Å². The van der Waals surface area contributed by atoms with Gasteiger partial charge in [0.05, 0.1) is 23.5 Å². The summed E-state index contributed by atoms with van der Waals surface area (Å²) in [7, 11) is -4.06. The van der Waals surface area contributed by atoms with E-state index in [1.807, 2.05) is 12.1 Å². The van der Waals surface area contributed by atoms with Gasteiger partial charge in [0.15, 0.2) is 5.82 Å². The summed E-state index contributed by atoms with van der Waals surface area (Å²) >= 11 is 0. The lowest BCUT2D eigenvalue weighted by atomic mass is 9.90. The number of ketones is 1. The van der Waals surface area contributed by atoms with E-state index in [1.54, 1.807) is 18.5 Å². The molecule has 11 nitrogen and oxygen atoms in total. The van der Waals surface area contributed by atoms with E-state index in [2.05, 4.69) is 24.6 Å². The fourth-order valence-corrected chi connectivity index (χ4v) is 7.71. The number of fused-ring (bicyclic) bond motifs is 1. The maximum Gasteiger partial charge on any atom is 0.301 e. The van der Waals surface area contributed by atoms with E-state index in [4.69, 9.17) is 10.5 Å². The number of nitrogens with one attached hydrogen (secondary N) is 2. The molecular formula is C32H35F2N7O4S. The molecule has 242 valence electrons. The number of anilines is 2. The number of carbonyl (C=O) groups excluding carboxylic acids is 1. The van der Waals surface area contributed by atoms with Gasteiger partial charge in [-0.15, -0.1) is 0 Å². The number of nitrogens with zero attached hydrogens (tertiary/aromatic N) is 4. The van der Waals surface area contributed by atoms with Gasteiger partial charge in [-0.2, -0.15) is 12.7 Å². The third-order valence-corrected chi connectivity index (χ3v) is 10.6. The number of aromatic nitrogens is 3. The third kappa shape index (κ3) is 5.97. The fourth-order valence-electron chi connectivity index (χ4n) is 6.41. The van der Waals surface area contributed by atoms with Crippen molar-refractivity contribution < 1.29 is 26.7 Å². The lowest BCUT2D eigenvalue weighted by Crippen LogP contribution is -2.45. The van der Waals surface area contributed by atoms with E-state index in [-0.39, 0.29) is 23.8 Å². The Bertz CT molecular complexity index is 1870. The van der Waals surface area contributed by atoms with E-state index in [1.165, 1.54) is 10.5 Å². The number of rotatable bonds is 9. The van der Waals surface area contributed by atoms with Crippen LogP contribution >= 0.6 is 0 Å². The Morgan fingerprint density at radius 3 is 2.41 bits per heavy atom. The minimum Gasteiger partial charge on any atom is -0.375 e. The first kappa shape index (κ1) is 30.7. The van der Waals surface area contributed by atoms with Crippen molar-refractivity contribution in [2.45, 2.75) is 56.8 Å². The summed E-state index contributed by atoms with van der Waals surface area (Å²) in [5.41, 5.74) is 6.30. The van der Waals surface area contributed by atoms with Gasteiger partial charge in [-0.1, -0.05) is 0 Å². The lowest BCUT2D eigenvalue weighted by molar-refractivity contribution is -0.0668. The predicted molar refractivity (Wildman–Crippen MR) is 170 cm³/mol. The maximum absolute atomic E-state index is 15.6. The minimum atomic E-state index is -4.06. The number of pyridine rings is 2. The van der Waals surface area contributed by atoms with E-state index in [9.17, 15) is 17.6 Å². The fraction of sp³-hybridized carbons (Fsp3) is 0.406. The highest BCUT2D eigenvalue weighted by molar-refractivity contribution is 7.90. The highest BCUT2D eigenvalue weighted by Crippen LogP contribution is 2.31. The van der Waals surface area contributed by atoms with Crippen molar-refractivity contribution in [1.29, 1.82) is 0 Å². The summed E-state index contributed by atoms with van der Waals surface area (Å²) in [6, 6.07) is 7.70. The summed E-state index contributed by atoms with van der Waals surface area (Å²) in [6.45, 7) is 2.29. The second kappa shape index (κ2) is 12.3. The zero-order valence-corrected chi connectivity index (χ0v) is 25.9. The van der Waals surface area contributed by atoms with Gasteiger partial charge in [0.2, 0.25) is 5.78 Å². The highest BCUT2D eigenvalue weighted by Gasteiger charge is 2.32. The molecule has 3 aliphatic rings. The first-order valence-corrected chi connectivity index (χ1v) is 17.0. The van der Waals surface area contributed by atoms with Gasteiger partial charge in [0.25, 0.3) is 0 Å². The Morgan fingerprint density at radius 2 is 1.72 bits per heavy atom. The molecule has 4 N–H and O–H groups in total. The third-order valence-electron chi connectivity index (χ3n) is 9.10. The number of aromatic amines is 1. The number of ether oxygens (including phenoxy) is 1. The van der Waals surface area contributed by atoms with Gasteiger partial charge >= 0.3 is 10.2 Å². The Labute approximate surface area is 265 Å². The number of hydrogen-bond acceptors (Lipinski definition) is 8. The van der Waals surface area contributed by atoms with Crippen molar-refractivity contribution in [3.63, 3.8) is 0 Å². The normalized spacial score (nSPS) is 21.1. The van der Waals surface area contributed by atoms with Crippen molar-refractivity contribution in [2.75, 3.05) is 35.8 Å². The SMILES string of the molecule is NC1CC(OC2CCN(c3ccc(-c4cnc5[nH]cc(C(=O)c6c(F)ccc(NS(=O)(=O)N7CCCC7)c6F)c5c4)cn3)CC2)C1. The molecule has 0 unspecified atom stereocenters. The van der Waals surface area contributed by atoms with Gasteiger partial charge in [-0.05, 0) is 68.9 Å². The molecule has 0 atom stereocenters. The Balaban J connectivity index is 1.08. The standard InChI is InChI=1S/C32H35F2N7O4S/c33-26-4-5-27(39-46(43,44)41-9-1-2-10-41)30(34)29(26)31(42)25-18-38-32-24(25)13-20(17-37-32)19-3-6-28(36-16-19)40-11-7-22(8-12-40)45-23-14-21(35)15-23/h3-6,13,16-18,21-23,39H,1-2,7-12,14-15,35H2,(H,37,38). The molecule has 4 aromatic rings. The van der Waals surface area contributed by atoms with Crippen LogP contribution in [0.2, 0.25) is 0 Å². The van der Waals surface area contributed by atoms with Gasteiger partial charge in [-0.25, -0.2) is 18.7 Å². The first-order chi connectivity index (χ1) is 22.2. The molecule has 0 spiro atoms. The van der Waals surface area contributed by atoms with Gasteiger partial charge in [0, 0.05) is 72.9 Å². The number of carbonyl (C=O) groups is 1. The summed E-state index contributed by atoms with van der Waals surface area (Å²) in [5.74, 6) is -2.48. The van der Waals surface area contributed by atoms with E-state index in [0.29, 0.717) is 42.5 Å². The van der Waals surface area contributed by atoms with Crippen molar-refractivity contribution in [3.05, 3.63) is 71.7 Å². The largest absolute Gasteiger partial charge is 0.375 e. The van der Waals surface area contributed by atoms with Crippen LogP contribution < -0.4 is 15.4 Å². The molecule has 1 aromatic carbocycles. The molecule has 1 saturated carbocycles. The molecule has 0 amide bonds. The average Bonchev–Trinajstić information content (AvgIpc) is 3.73. The van der Waals surface area contributed by atoms with Crippen LogP contribution in [0.4, 0.5) is 20.3 Å². The number of halogens is 2. The molecule has 14 heteroatoms. The average molecular weight is 652 g/mol. The van der Waals surface area contributed by atoms with Crippen molar-refractivity contribution in [2.24, 2.45) is 5.73 Å². The summed E-state index contributed by atoms with van der Waals surface area (Å²) in [4.78, 5) is 27.8. The molecule has 0 radical (unpaired) electrons. The Morgan fingerprint density at radius 1 is 0.978 bits per heavy atom. The minimum absolute atomic E-state index is 0.000235. The number of nitrogens with two attached hydrogens (primary N) is 1. The van der Waals surface area contributed by atoms with Crippen LogP contribution in [-0.4, -0.2) is 77.9 Å². The van der Waals surface area contributed by atoms with Gasteiger partial charge < -0.3 is 20.4 Å². The summed E-state index contributed by atoms with van der Waals surface area (Å²) < 4.78 is 65.5. The highest BCUT2D eigenvalue weighted by atomic mass is 32.2. The van der Waals surface area contributed by atoms with Crippen molar-refractivity contribution >= 4 is 38.5 Å². The molecular weight excluding hydrogens is 616 g/mol. The van der Waals surface area contributed by atoms with Crippen LogP contribution in [0.1, 0.15) is 54.4 Å². The predicted octanol–water partition coefficient (Wildman–Crippen LogP) is 4.36. The van der Waals surface area contributed by atoms with Crippen LogP contribution in [0.3, 0.4) is 0 Å². The van der Waals surface area contributed by atoms with Crippen LogP contribution in [0, 0.1) is 11.6 Å². The van der Waals surface area contributed by atoms with Crippen molar-refractivity contribution in [1.82, 2.24) is 19.3 Å². The molecule has 5 heterocycles. The number of hydrogen-bond donors (Lipinski definition) is 3. The molecule has 7 rings (SSSR count). The smallest absolute Gasteiger partial charge is 0.301 e. The zero-order valence-electron chi connectivity index (χ0n) is 25.1. The summed E-state index contributed by atoms with van der Waals surface area (Å²) in [6.07, 6.45) is 10.4. The second-order valence-corrected chi connectivity index (χ2v) is 13.9. The van der Waals surface area contributed by atoms with Crippen LogP contribution in [-0.2, 0) is 14.9 Å². The molecule has 2 saturated heterocycles. The van der Waals surface area contributed by atoms with Crippen LogP contribution in [0.25, 0.3) is 22.2 Å². The molecule has 3 aromatic heterocycles. The monoisotopic (exact) mass is 651 g/mol. The number of H-pyrrole nitrogens is 1. The van der Waals surface area contributed by atoms with Crippen molar-refractivity contribution in [3.8, 4) is 11.1 Å².